The molecule has 0 radical (unpaired) electrons. The summed E-state index contributed by atoms with van der Waals surface area (Å²) in [5.74, 6) is 0.492. The van der Waals surface area contributed by atoms with Gasteiger partial charge in [0.2, 0.25) is 0 Å². The number of hydrogen-bond donors (Lipinski definition) is 1. The molecule has 0 saturated heterocycles. The predicted molar refractivity (Wildman–Crippen MR) is 97.9 cm³/mol. The number of alkyl halides is 3. The highest BCUT2D eigenvalue weighted by Gasteiger charge is 2.31. The summed E-state index contributed by atoms with van der Waals surface area (Å²) in [5, 5.41) is 8.94. The van der Waals surface area contributed by atoms with E-state index >= 15 is 0 Å². The average molecular weight is 414 g/mol. The highest BCUT2D eigenvalue weighted by Crippen LogP contribution is 2.38. The van der Waals surface area contributed by atoms with Crippen molar-refractivity contribution in [1.29, 1.82) is 0 Å². The van der Waals surface area contributed by atoms with Crippen molar-refractivity contribution in [2.24, 2.45) is 0 Å². The highest BCUT2D eigenvalue weighted by molar-refractivity contribution is 6.35. The summed E-state index contributed by atoms with van der Waals surface area (Å²) in [6.07, 6.45) is -3.98. The van der Waals surface area contributed by atoms with Crippen LogP contribution in [-0.4, -0.2) is 22.7 Å². The monoisotopic (exact) mass is 413 g/mol. The number of benzene rings is 2. The van der Waals surface area contributed by atoms with Gasteiger partial charge in [-0.05, 0) is 48.9 Å². The first-order chi connectivity index (χ1) is 12.8. The molecule has 3 aromatic rings. The Morgan fingerprint density at radius 3 is 2.52 bits per heavy atom. The van der Waals surface area contributed by atoms with Crippen LogP contribution in [0.4, 0.5) is 19.0 Å². The van der Waals surface area contributed by atoms with Crippen molar-refractivity contribution < 1.29 is 17.9 Å². The second-order valence-electron chi connectivity index (χ2n) is 5.93. The Hall–Kier alpha value is -2.38. The van der Waals surface area contributed by atoms with E-state index in [1.807, 2.05) is 0 Å². The number of anilines is 1. The van der Waals surface area contributed by atoms with Gasteiger partial charge in [-0.3, -0.25) is 0 Å². The van der Waals surface area contributed by atoms with Crippen molar-refractivity contribution in [2.45, 2.75) is 12.8 Å². The maximum atomic E-state index is 12.3. The first-order valence-electron chi connectivity index (χ1n) is 7.99. The molecule has 0 bridgehead atoms. The first kappa shape index (κ1) is 18.0. The van der Waals surface area contributed by atoms with E-state index < -0.39 is 6.36 Å². The molecular weight excluding hydrogens is 402 g/mol. The fraction of sp³-hybridized carbons (Fsp3) is 0.167. The number of rotatable bonds is 3. The number of aromatic nitrogens is 2. The summed E-state index contributed by atoms with van der Waals surface area (Å²) in [4.78, 5) is 0. The van der Waals surface area contributed by atoms with Gasteiger partial charge in [0.1, 0.15) is 11.6 Å². The smallest absolute Gasteiger partial charge is 0.406 e. The minimum atomic E-state index is -4.73. The van der Waals surface area contributed by atoms with Crippen LogP contribution in [0.25, 0.3) is 16.9 Å². The minimum absolute atomic E-state index is 0.291. The van der Waals surface area contributed by atoms with Crippen molar-refractivity contribution in [2.75, 3.05) is 11.9 Å². The summed E-state index contributed by atoms with van der Waals surface area (Å²) in [7, 11) is 0. The molecule has 0 amide bonds. The Labute approximate surface area is 162 Å². The van der Waals surface area contributed by atoms with Crippen LogP contribution in [0, 0.1) is 0 Å². The van der Waals surface area contributed by atoms with Crippen LogP contribution in [0.1, 0.15) is 5.56 Å². The fourth-order valence-electron chi connectivity index (χ4n) is 3.05. The van der Waals surface area contributed by atoms with Crippen LogP contribution in [0.15, 0.2) is 42.5 Å². The van der Waals surface area contributed by atoms with Crippen LogP contribution in [0.3, 0.4) is 0 Å². The predicted octanol–water partition coefficient (Wildman–Crippen LogP) is 5.71. The van der Waals surface area contributed by atoms with E-state index in [0.717, 1.165) is 24.3 Å². The molecule has 1 aliphatic rings. The lowest BCUT2D eigenvalue weighted by atomic mass is 10.1. The number of nitrogens with zero attached hydrogens (tertiary/aromatic N) is 2. The minimum Gasteiger partial charge on any atom is -0.406 e. The molecular formula is C18H12Cl2F3N3O. The summed E-state index contributed by atoms with van der Waals surface area (Å²) >= 11 is 12.4. The van der Waals surface area contributed by atoms with Crippen LogP contribution < -0.4 is 10.1 Å². The number of fused-ring (bicyclic) bond motifs is 1. The summed E-state index contributed by atoms with van der Waals surface area (Å²) in [6, 6.07) is 10.7. The normalized spacial score (nSPS) is 13.4. The van der Waals surface area contributed by atoms with Crippen LogP contribution >= 0.6 is 23.2 Å². The molecule has 4 rings (SSSR count). The van der Waals surface area contributed by atoms with E-state index in [9.17, 15) is 13.2 Å². The highest BCUT2D eigenvalue weighted by atomic mass is 35.5. The number of hydrogen-bond acceptors (Lipinski definition) is 3. The Morgan fingerprint density at radius 2 is 1.81 bits per heavy atom. The molecule has 1 aliphatic heterocycles. The zero-order valence-corrected chi connectivity index (χ0v) is 15.2. The second-order valence-corrected chi connectivity index (χ2v) is 6.77. The van der Waals surface area contributed by atoms with Gasteiger partial charge in [0, 0.05) is 22.7 Å². The second kappa shape index (κ2) is 6.65. The van der Waals surface area contributed by atoms with E-state index in [0.29, 0.717) is 27.0 Å². The van der Waals surface area contributed by atoms with E-state index in [-0.39, 0.29) is 5.75 Å². The van der Waals surface area contributed by atoms with Crippen molar-refractivity contribution in [3.8, 4) is 22.7 Å². The molecule has 9 heteroatoms. The molecule has 140 valence electrons. The lowest BCUT2D eigenvalue weighted by molar-refractivity contribution is -0.274. The molecule has 4 nitrogen and oxygen atoms in total. The quantitative estimate of drug-likeness (QED) is 0.597. The molecule has 0 spiro atoms. The topological polar surface area (TPSA) is 39.1 Å². The molecule has 2 aromatic carbocycles. The van der Waals surface area contributed by atoms with Crippen molar-refractivity contribution in [1.82, 2.24) is 9.78 Å². The van der Waals surface area contributed by atoms with Crippen molar-refractivity contribution in [3.63, 3.8) is 0 Å². The summed E-state index contributed by atoms with van der Waals surface area (Å²) < 4.78 is 42.6. The van der Waals surface area contributed by atoms with Gasteiger partial charge in [-0.25, -0.2) is 4.68 Å². The van der Waals surface area contributed by atoms with Gasteiger partial charge in [-0.1, -0.05) is 23.2 Å². The van der Waals surface area contributed by atoms with Gasteiger partial charge in [0.15, 0.2) is 0 Å². The van der Waals surface area contributed by atoms with Gasteiger partial charge in [-0.2, -0.15) is 5.10 Å². The lowest BCUT2D eigenvalue weighted by Crippen LogP contribution is -2.17. The van der Waals surface area contributed by atoms with E-state index in [4.69, 9.17) is 23.2 Å². The molecule has 1 N–H and O–H groups in total. The Morgan fingerprint density at radius 1 is 1.07 bits per heavy atom. The number of ether oxygens (including phenoxy) is 1. The summed E-state index contributed by atoms with van der Waals surface area (Å²) in [6.45, 7) is 0.730. The van der Waals surface area contributed by atoms with Gasteiger partial charge >= 0.3 is 6.36 Å². The molecule has 0 aliphatic carbocycles. The van der Waals surface area contributed by atoms with Crippen molar-refractivity contribution in [3.05, 3.63) is 58.1 Å². The zero-order chi connectivity index (χ0) is 19.2. The van der Waals surface area contributed by atoms with Crippen LogP contribution in [0.5, 0.6) is 5.75 Å². The van der Waals surface area contributed by atoms with E-state index in [1.165, 1.54) is 24.3 Å². The van der Waals surface area contributed by atoms with Gasteiger partial charge in [0.05, 0.1) is 16.4 Å². The van der Waals surface area contributed by atoms with Gasteiger partial charge in [-0.15, -0.1) is 13.2 Å². The Balaban J connectivity index is 1.76. The van der Waals surface area contributed by atoms with E-state index in [1.54, 1.807) is 22.9 Å². The molecule has 0 atom stereocenters. The third kappa shape index (κ3) is 3.57. The third-order valence-corrected chi connectivity index (χ3v) is 4.71. The molecule has 0 saturated carbocycles. The average Bonchev–Trinajstić information content (AvgIpc) is 3.19. The molecule has 0 unspecified atom stereocenters. The SMILES string of the molecule is FC(F)(F)Oc1ccc(-n2nc(-c3cc(Cl)ccc3Cl)c3c2NCC3)cc1. The first-order valence-corrected chi connectivity index (χ1v) is 8.75. The van der Waals surface area contributed by atoms with Crippen molar-refractivity contribution >= 4 is 29.0 Å². The Bertz CT molecular complexity index is 1000. The van der Waals surface area contributed by atoms with Gasteiger partial charge < -0.3 is 10.1 Å². The molecule has 2 heterocycles. The standard InChI is InChI=1S/C18H12Cl2F3N3O/c19-10-1-6-15(20)14(9-10)16-13-7-8-24-17(13)26(25-16)11-2-4-12(5-3-11)27-18(21,22)23/h1-6,9,24H,7-8H2. The van der Waals surface area contributed by atoms with Crippen LogP contribution in [0.2, 0.25) is 10.0 Å². The maximum Gasteiger partial charge on any atom is 0.573 e. The lowest BCUT2D eigenvalue weighted by Gasteiger charge is -2.10. The fourth-order valence-corrected chi connectivity index (χ4v) is 3.43. The zero-order valence-electron chi connectivity index (χ0n) is 13.6. The molecule has 0 fully saturated rings. The van der Waals surface area contributed by atoms with Crippen LogP contribution in [-0.2, 0) is 6.42 Å². The van der Waals surface area contributed by atoms with E-state index in [2.05, 4.69) is 15.2 Å². The third-order valence-electron chi connectivity index (χ3n) is 4.15. The maximum absolute atomic E-state index is 12.3. The summed E-state index contributed by atoms with van der Waals surface area (Å²) in [5.41, 5.74) is 2.98. The largest absolute Gasteiger partial charge is 0.573 e. The Kier molecular flexibility index (Phi) is 4.44. The molecule has 27 heavy (non-hydrogen) atoms. The number of nitrogens with one attached hydrogen (secondary N) is 1. The van der Waals surface area contributed by atoms with Gasteiger partial charge in [0.25, 0.3) is 0 Å². The number of halogens is 5. The molecule has 1 aromatic heterocycles.